The zero-order valence-electron chi connectivity index (χ0n) is 9.67. The van der Waals surface area contributed by atoms with Crippen LogP contribution in [0.1, 0.15) is 5.56 Å². The number of ether oxygens (including phenoxy) is 1. The molecule has 0 atom stereocenters. The van der Waals surface area contributed by atoms with Crippen molar-refractivity contribution >= 4 is 16.8 Å². The molecule has 0 aliphatic carbocycles. The number of benzene rings is 2. The van der Waals surface area contributed by atoms with Crippen LogP contribution in [0.25, 0.3) is 10.9 Å². The molecule has 0 fully saturated rings. The second-order valence-electron chi connectivity index (χ2n) is 3.97. The van der Waals surface area contributed by atoms with Crippen molar-refractivity contribution in [2.45, 2.75) is 6.61 Å². The van der Waals surface area contributed by atoms with Crippen molar-refractivity contribution in [2.75, 3.05) is 5.73 Å². The van der Waals surface area contributed by atoms with Crippen LogP contribution in [0.5, 0.6) is 5.75 Å². The molecule has 90 valence electrons. The molecular weight excluding hydrogens is 228 g/mol. The van der Waals surface area contributed by atoms with Gasteiger partial charge in [0.25, 0.3) is 0 Å². The number of nitrogen functional groups attached to an aromatic ring is 1. The lowest BCUT2D eigenvalue weighted by Crippen LogP contribution is -1.96. The summed E-state index contributed by atoms with van der Waals surface area (Å²) >= 11 is 0. The summed E-state index contributed by atoms with van der Waals surface area (Å²) in [5.74, 6) is 0.976. The van der Waals surface area contributed by atoms with Gasteiger partial charge < -0.3 is 15.0 Å². The highest BCUT2D eigenvalue weighted by Crippen LogP contribution is 2.30. The molecule has 0 saturated carbocycles. The lowest BCUT2D eigenvalue weighted by molar-refractivity contribution is 0.310. The SMILES string of the molecule is Nc1onc2cccc(OCc3ccccc3)c12. The van der Waals surface area contributed by atoms with Gasteiger partial charge in [0.05, 0.1) is 0 Å². The normalized spacial score (nSPS) is 10.7. The van der Waals surface area contributed by atoms with E-state index in [0.717, 1.165) is 10.9 Å². The molecule has 0 aliphatic rings. The summed E-state index contributed by atoms with van der Waals surface area (Å²) in [5, 5.41) is 4.58. The molecule has 0 aliphatic heterocycles. The lowest BCUT2D eigenvalue weighted by atomic mass is 10.2. The number of hydrogen-bond acceptors (Lipinski definition) is 4. The van der Waals surface area contributed by atoms with E-state index < -0.39 is 0 Å². The van der Waals surface area contributed by atoms with Crippen LogP contribution < -0.4 is 10.5 Å². The Kier molecular flexibility index (Phi) is 2.61. The maximum atomic E-state index is 5.76. The molecule has 3 rings (SSSR count). The molecular formula is C14H12N2O2. The Bertz CT molecular complexity index is 662. The van der Waals surface area contributed by atoms with E-state index in [0.29, 0.717) is 17.9 Å². The summed E-state index contributed by atoms with van der Waals surface area (Å²) < 4.78 is 10.7. The molecule has 1 aromatic heterocycles. The Morgan fingerprint density at radius 2 is 1.89 bits per heavy atom. The molecule has 0 bridgehead atoms. The molecule has 0 radical (unpaired) electrons. The van der Waals surface area contributed by atoms with E-state index in [4.69, 9.17) is 15.0 Å². The first-order chi connectivity index (χ1) is 8.84. The number of nitrogens with two attached hydrogens (primary N) is 1. The summed E-state index contributed by atoms with van der Waals surface area (Å²) in [6.45, 7) is 0.491. The fourth-order valence-electron chi connectivity index (χ4n) is 1.84. The van der Waals surface area contributed by atoms with Gasteiger partial charge in [0.15, 0.2) is 0 Å². The van der Waals surface area contributed by atoms with Crippen LogP contribution in [0.3, 0.4) is 0 Å². The number of fused-ring (bicyclic) bond motifs is 1. The fraction of sp³-hybridized carbons (Fsp3) is 0.0714. The molecule has 1 heterocycles. The number of anilines is 1. The fourth-order valence-corrected chi connectivity index (χ4v) is 1.84. The maximum Gasteiger partial charge on any atom is 0.233 e. The third-order valence-electron chi connectivity index (χ3n) is 2.73. The van der Waals surface area contributed by atoms with E-state index in [1.54, 1.807) is 0 Å². The zero-order valence-corrected chi connectivity index (χ0v) is 9.67. The van der Waals surface area contributed by atoms with Crippen molar-refractivity contribution in [2.24, 2.45) is 0 Å². The van der Waals surface area contributed by atoms with E-state index in [-0.39, 0.29) is 5.88 Å². The summed E-state index contributed by atoms with van der Waals surface area (Å²) in [5.41, 5.74) is 7.54. The topological polar surface area (TPSA) is 61.3 Å². The largest absolute Gasteiger partial charge is 0.488 e. The van der Waals surface area contributed by atoms with Gasteiger partial charge in [0, 0.05) is 0 Å². The van der Waals surface area contributed by atoms with Crippen LogP contribution in [0.4, 0.5) is 5.88 Å². The lowest BCUT2D eigenvalue weighted by Gasteiger charge is -2.06. The van der Waals surface area contributed by atoms with Crippen LogP contribution in [0.15, 0.2) is 53.1 Å². The summed E-state index contributed by atoms with van der Waals surface area (Å²) in [6, 6.07) is 15.5. The first-order valence-electron chi connectivity index (χ1n) is 5.65. The Morgan fingerprint density at radius 1 is 1.06 bits per heavy atom. The predicted octanol–water partition coefficient (Wildman–Crippen LogP) is 2.99. The van der Waals surface area contributed by atoms with Crippen molar-refractivity contribution in [1.29, 1.82) is 0 Å². The molecule has 4 heteroatoms. The minimum Gasteiger partial charge on any atom is -0.488 e. The summed E-state index contributed by atoms with van der Waals surface area (Å²) in [6.07, 6.45) is 0. The average Bonchev–Trinajstić information content (AvgIpc) is 2.80. The van der Waals surface area contributed by atoms with Gasteiger partial charge >= 0.3 is 0 Å². The first-order valence-corrected chi connectivity index (χ1v) is 5.65. The molecule has 0 unspecified atom stereocenters. The Labute approximate surface area is 104 Å². The minimum absolute atomic E-state index is 0.286. The third kappa shape index (κ3) is 1.88. The molecule has 3 aromatic rings. The second kappa shape index (κ2) is 4.41. The van der Waals surface area contributed by atoms with E-state index in [2.05, 4.69) is 5.16 Å². The van der Waals surface area contributed by atoms with Gasteiger partial charge in [-0.15, -0.1) is 0 Å². The van der Waals surface area contributed by atoms with E-state index in [1.165, 1.54) is 0 Å². The van der Waals surface area contributed by atoms with Crippen LogP contribution in [0.2, 0.25) is 0 Å². The Morgan fingerprint density at radius 3 is 2.72 bits per heavy atom. The van der Waals surface area contributed by atoms with Gasteiger partial charge in [-0.3, -0.25) is 0 Å². The highest BCUT2D eigenvalue weighted by molar-refractivity contribution is 5.92. The third-order valence-corrected chi connectivity index (χ3v) is 2.73. The maximum absolute atomic E-state index is 5.76. The van der Waals surface area contributed by atoms with E-state index >= 15 is 0 Å². The van der Waals surface area contributed by atoms with Crippen molar-refractivity contribution < 1.29 is 9.26 Å². The monoisotopic (exact) mass is 240 g/mol. The first kappa shape index (κ1) is 10.7. The number of rotatable bonds is 3. The van der Waals surface area contributed by atoms with Gasteiger partial charge in [0.2, 0.25) is 5.88 Å². The molecule has 0 saturated heterocycles. The molecule has 2 aromatic carbocycles. The van der Waals surface area contributed by atoms with Crippen LogP contribution in [-0.4, -0.2) is 5.16 Å². The van der Waals surface area contributed by atoms with Crippen LogP contribution >= 0.6 is 0 Å². The molecule has 18 heavy (non-hydrogen) atoms. The molecule has 0 spiro atoms. The van der Waals surface area contributed by atoms with Gasteiger partial charge in [-0.25, -0.2) is 0 Å². The van der Waals surface area contributed by atoms with Crippen molar-refractivity contribution in [1.82, 2.24) is 5.16 Å². The quantitative estimate of drug-likeness (QED) is 0.764. The number of hydrogen-bond donors (Lipinski definition) is 1. The highest BCUT2D eigenvalue weighted by Gasteiger charge is 2.10. The Hall–Kier alpha value is -2.49. The van der Waals surface area contributed by atoms with Crippen molar-refractivity contribution in [3.8, 4) is 5.75 Å². The molecule has 2 N–H and O–H groups in total. The van der Waals surface area contributed by atoms with Gasteiger partial charge in [-0.2, -0.15) is 0 Å². The van der Waals surface area contributed by atoms with E-state index in [1.807, 2.05) is 48.5 Å². The standard InChI is InChI=1S/C14H12N2O2/c15-14-13-11(16-18-14)7-4-8-12(13)17-9-10-5-2-1-3-6-10/h1-8H,9,15H2. The van der Waals surface area contributed by atoms with Gasteiger partial charge in [-0.05, 0) is 17.7 Å². The van der Waals surface area contributed by atoms with Crippen LogP contribution in [-0.2, 0) is 6.61 Å². The summed E-state index contributed by atoms with van der Waals surface area (Å²) in [7, 11) is 0. The van der Waals surface area contributed by atoms with Gasteiger partial charge in [0.1, 0.15) is 23.3 Å². The molecule has 0 amide bonds. The molecule has 4 nitrogen and oxygen atoms in total. The zero-order chi connectivity index (χ0) is 12.4. The van der Waals surface area contributed by atoms with E-state index in [9.17, 15) is 0 Å². The Balaban J connectivity index is 1.89. The highest BCUT2D eigenvalue weighted by atomic mass is 16.5. The summed E-state index contributed by atoms with van der Waals surface area (Å²) in [4.78, 5) is 0. The average molecular weight is 240 g/mol. The second-order valence-corrected chi connectivity index (χ2v) is 3.97. The van der Waals surface area contributed by atoms with Crippen LogP contribution in [0, 0.1) is 0 Å². The van der Waals surface area contributed by atoms with Crippen molar-refractivity contribution in [3.63, 3.8) is 0 Å². The smallest absolute Gasteiger partial charge is 0.233 e. The minimum atomic E-state index is 0.286. The number of nitrogens with zero attached hydrogens (tertiary/aromatic N) is 1. The van der Waals surface area contributed by atoms with Crippen molar-refractivity contribution in [3.05, 3.63) is 54.1 Å². The predicted molar refractivity (Wildman–Crippen MR) is 69.2 cm³/mol. The number of aromatic nitrogens is 1. The van der Waals surface area contributed by atoms with Gasteiger partial charge in [-0.1, -0.05) is 41.6 Å².